The maximum atomic E-state index is 5.59. The van der Waals surface area contributed by atoms with E-state index in [0.717, 1.165) is 5.57 Å². The van der Waals surface area contributed by atoms with Gasteiger partial charge in [0.2, 0.25) is 0 Å². The summed E-state index contributed by atoms with van der Waals surface area (Å²) in [4.78, 5) is 0. The summed E-state index contributed by atoms with van der Waals surface area (Å²) < 4.78 is 0. The summed E-state index contributed by atoms with van der Waals surface area (Å²) in [6.45, 7) is 9.80. The Kier molecular flexibility index (Phi) is 4.55. The van der Waals surface area contributed by atoms with E-state index in [1.807, 2.05) is 39.0 Å². The predicted molar refractivity (Wildman–Crippen MR) is 51.4 cm³/mol. The highest BCUT2D eigenvalue weighted by Crippen LogP contribution is 2.01. The van der Waals surface area contributed by atoms with Crippen molar-refractivity contribution in [3.05, 3.63) is 36.0 Å². The SMILES string of the molecule is C=C(C=CC(C)=CC)C(C)N. The third-order valence-electron chi connectivity index (χ3n) is 1.60. The second-order valence-corrected chi connectivity index (χ2v) is 2.73. The lowest BCUT2D eigenvalue weighted by atomic mass is 10.1. The number of nitrogens with two attached hydrogens (primary N) is 1. The molecule has 0 aromatic heterocycles. The largest absolute Gasteiger partial charge is 0.324 e. The zero-order chi connectivity index (χ0) is 8.85. The van der Waals surface area contributed by atoms with Crippen molar-refractivity contribution in [2.45, 2.75) is 26.8 Å². The first-order valence-electron chi connectivity index (χ1n) is 3.83. The molecule has 0 aromatic carbocycles. The van der Waals surface area contributed by atoms with Crippen molar-refractivity contribution in [3.63, 3.8) is 0 Å². The van der Waals surface area contributed by atoms with Gasteiger partial charge in [-0.2, -0.15) is 0 Å². The molecule has 0 aliphatic heterocycles. The Labute approximate surface area is 69.3 Å². The van der Waals surface area contributed by atoms with E-state index in [0.29, 0.717) is 0 Å². The lowest BCUT2D eigenvalue weighted by Gasteiger charge is -2.02. The van der Waals surface area contributed by atoms with Crippen molar-refractivity contribution < 1.29 is 0 Å². The molecule has 1 atom stereocenters. The van der Waals surface area contributed by atoms with Crippen LogP contribution in [0.4, 0.5) is 0 Å². The number of hydrogen-bond acceptors (Lipinski definition) is 1. The van der Waals surface area contributed by atoms with Crippen molar-refractivity contribution in [1.82, 2.24) is 0 Å². The average Bonchev–Trinajstić information content (AvgIpc) is 1.99. The minimum atomic E-state index is 0.0518. The molecular weight excluding hydrogens is 134 g/mol. The molecule has 0 aliphatic carbocycles. The van der Waals surface area contributed by atoms with Crippen LogP contribution in [0.2, 0.25) is 0 Å². The Morgan fingerprint density at radius 3 is 2.36 bits per heavy atom. The number of hydrogen-bond donors (Lipinski definition) is 1. The van der Waals surface area contributed by atoms with E-state index < -0.39 is 0 Å². The standard InChI is InChI=1S/C10H17N/c1-5-8(2)6-7-9(3)10(4)11/h5-7,10H,3,11H2,1-2,4H3. The molecule has 0 spiro atoms. The van der Waals surface area contributed by atoms with Crippen LogP contribution in [0.25, 0.3) is 0 Å². The molecular formula is C10H17N. The van der Waals surface area contributed by atoms with Gasteiger partial charge in [-0.3, -0.25) is 0 Å². The molecule has 0 saturated carbocycles. The normalized spacial score (nSPS) is 15.5. The highest BCUT2D eigenvalue weighted by atomic mass is 14.6. The molecule has 0 heterocycles. The molecule has 0 saturated heterocycles. The fourth-order valence-corrected chi connectivity index (χ4v) is 0.486. The Hall–Kier alpha value is -0.820. The Balaban J connectivity index is 4.04. The first-order chi connectivity index (χ1) is 5.07. The highest BCUT2D eigenvalue weighted by molar-refractivity contribution is 5.26. The Bertz CT molecular complexity index is 185. The third-order valence-corrected chi connectivity index (χ3v) is 1.60. The van der Waals surface area contributed by atoms with Crippen LogP contribution in [-0.2, 0) is 0 Å². The summed E-state index contributed by atoms with van der Waals surface area (Å²) in [5, 5.41) is 0. The fraction of sp³-hybridized carbons (Fsp3) is 0.400. The third kappa shape index (κ3) is 4.57. The molecule has 0 aromatic rings. The van der Waals surface area contributed by atoms with E-state index in [2.05, 4.69) is 6.58 Å². The molecule has 0 amide bonds. The minimum absolute atomic E-state index is 0.0518. The molecule has 1 heteroatoms. The molecule has 0 radical (unpaired) electrons. The van der Waals surface area contributed by atoms with Gasteiger partial charge >= 0.3 is 0 Å². The monoisotopic (exact) mass is 151 g/mol. The van der Waals surface area contributed by atoms with Gasteiger partial charge in [-0.05, 0) is 26.3 Å². The molecule has 0 aliphatic rings. The summed E-state index contributed by atoms with van der Waals surface area (Å²) in [6, 6.07) is 0.0518. The Morgan fingerprint density at radius 1 is 1.45 bits per heavy atom. The summed E-state index contributed by atoms with van der Waals surface area (Å²) in [5.74, 6) is 0. The molecule has 62 valence electrons. The van der Waals surface area contributed by atoms with Gasteiger partial charge in [0.1, 0.15) is 0 Å². The van der Waals surface area contributed by atoms with Crippen LogP contribution in [0.1, 0.15) is 20.8 Å². The van der Waals surface area contributed by atoms with Crippen molar-refractivity contribution >= 4 is 0 Å². The minimum Gasteiger partial charge on any atom is -0.324 e. The van der Waals surface area contributed by atoms with Gasteiger partial charge < -0.3 is 5.73 Å². The van der Waals surface area contributed by atoms with Crippen molar-refractivity contribution in [2.24, 2.45) is 5.73 Å². The van der Waals surface area contributed by atoms with E-state index in [1.165, 1.54) is 5.57 Å². The molecule has 1 unspecified atom stereocenters. The van der Waals surface area contributed by atoms with Crippen molar-refractivity contribution in [2.75, 3.05) is 0 Å². The molecule has 2 N–H and O–H groups in total. The topological polar surface area (TPSA) is 26.0 Å². The number of allylic oxidation sites excluding steroid dienone is 3. The van der Waals surface area contributed by atoms with Gasteiger partial charge in [0.15, 0.2) is 0 Å². The highest BCUT2D eigenvalue weighted by Gasteiger charge is 1.93. The zero-order valence-corrected chi connectivity index (χ0v) is 7.59. The van der Waals surface area contributed by atoms with Gasteiger partial charge in [-0.15, -0.1) is 0 Å². The van der Waals surface area contributed by atoms with E-state index in [1.54, 1.807) is 0 Å². The average molecular weight is 151 g/mol. The zero-order valence-electron chi connectivity index (χ0n) is 7.59. The van der Waals surface area contributed by atoms with E-state index >= 15 is 0 Å². The van der Waals surface area contributed by atoms with Crippen LogP contribution < -0.4 is 5.73 Å². The summed E-state index contributed by atoms with van der Waals surface area (Å²) in [5.41, 5.74) is 7.79. The van der Waals surface area contributed by atoms with E-state index in [-0.39, 0.29) is 6.04 Å². The number of rotatable bonds is 3. The van der Waals surface area contributed by atoms with Crippen LogP contribution in [0.15, 0.2) is 36.0 Å². The van der Waals surface area contributed by atoms with Gasteiger partial charge in [0, 0.05) is 6.04 Å². The lowest BCUT2D eigenvalue weighted by molar-refractivity contribution is 0.889. The maximum Gasteiger partial charge on any atom is 0.0260 e. The summed E-state index contributed by atoms with van der Waals surface area (Å²) in [6.07, 6.45) is 6.02. The van der Waals surface area contributed by atoms with Gasteiger partial charge in [0.25, 0.3) is 0 Å². The molecule has 11 heavy (non-hydrogen) atoms. The van der Waals surface area contributed by atoms with Gasteiger partial charge in [-0.1, -0.05) is 30.4 Å². The van der Waals surface area contributed by atoms with Gasteiger partial charge in [0.05, 0.1) is 0 Å². The van der Waals surface area contributed by atoms with Gasteiger partial charge in [-0.25, -0.2) is 0 Å². The molecule has 1 nitrogen and oxygen atoms in total. The summed E-state index contributed by atoms with van der Waals surface area (Å²) >= 11 is 0. The molecule has 0 rings (SSSR count). The fourth-order valence-electron chi connectivity index (χ4n) is 0.486. The van der Waals surface area contributed by atoms with Crippen LogP contribution in [-0.4, -0.2) is 6.04 Å². The van der Waals surface area contributed by atoms with E-state index in [9.17, 15) is 0 Å². The molecule has 0 bridgehead atoms. The Morgan fingerprint density at radius 2 is 2.00 bits per heavy atom. The first kappa shape index (κ1) is 10.2. The van der Waals surface area contributed by atoms with Crippen molar-refractivity contribution in [1.29, 1.82) is 0 Å². The second kappa shape index (κ2) is 4.91. The molecule has 0 fully saturated rings. The quantitative estimate of drug-likeness (QED) is 0.616. The van der Waals surface area contributed by atoms with Crippen LogP contribution in [0.3, 0.4) is 0 Å². The predicted octanol–water partition coefficient (Wildman–Crippen LogP) is 2.41. The van der Waals surface area contributed by atoms with Crippen LogP contribution in [0, 0.1) is 0 Å². The smallest absolute Gasteiger partial charge is 0.0260 e. The van der Waals surface area contributed by atoms with Crippen LogP contribution >= 0.6 is 0 Å². The lowest BCUT2D eigenvalue weighted by Crippen LogP contribution is -2.15. The summed E-state index contributed by atoms with van der Waals surface area (Å²) in [7, 11) is 0. The van der Waals surface area contributed by atoms with E-state index in [4.69, 9.17) is 5.73 Å². The maximum absolute atomic E-state index is 5.59. The van der Waals surface area contributed by atoms with Crippen molar-refractivity contribution in [3.8, 4) is 0 Å². The second-order valence-electron chi connectivity index (χ2n) is 2.73. The van der Waals surface area contributed by atoms with Crippen LogP contribution in [0.5, 0.6) is 0 Å². The first-order valence-corrected chi connectivity index (χ1v) is 3.83.